The molecule has 1 amide bonds. The molecule has 0 radical (unpaired) electrons. The van der Waals surface area contributed by atoms with Crippen LogP contribution in [-0.4, -0.2) is 22.4 Å². The van der Waals surface area contributed by atoms with Crippen LogP contribution < -0.4 is 5.32 Å². The van der Waals surface area contributed by atoms with Crippen LogP contribution in [0.2, 0.25) is 0 Å². The smallest absolute Gasteiger partial charge is 0.262 e. The third-order valence-corrected chi connectivity index (χ3v) is 3.89. The third kappa shape index (κ3) is 3.86. The summed E-state index contributed by atoms with van der Waals surface area (Å²) in [5.74, 6) is 0.188. The van der Waals surface area contributed by atoms with Crippen molar-refractivity contribution >= 4 is 28.5 Å². The first-order chi connectivity index (χ1) is 9.90. The number of hydrogen-bond donors (Lipinski definition) is 1. The van der Waals surface area contributed by atoms with E-state index in [2.05, 4.69) is 5.32 Å². The molecule has 6 heteroatoms. The van der Waals surface area contributed by atoms with Gasteiger partial charge in [-0.25, -0.2) is 0 Å². The van der Waals surface area contributed by atoms with E-state index in [1.54, 1.807) is 24.3 Å². The monoisotopic (exact) mass is 302 g/mol. The summed E-state index contributed by atoms with van der Waals surface area (Å²) < 4.78 is 4.98. The minimum atomic E-state index is -0.439. The van der Waals surface area contributed by atoms with Gasteiger partial charge in [-0.2, -0.15) is 5.26 Å². The van der Waals surface area contributed by atoms with E-state index in [4.69, 9.17) is 10.00 Å². The molecule has 0 fully saturated rings. The summed E-state index contributed by atoms with van der Waals surface area (Å²) in [6.45, 7) is 3.57. The van der Waals surface area contributed by atoms with Gasteiger partial charge in [0.2, 0.25) is 5.12 Å². The fourth-order valence-corrected chi connectivity index (χ4v) is 2.68. The van der Waals surface area contributed by atoms with Gasteiger partial charge in [-0.15, -0.1) is 0 Å². The number of nitriles is 1. The lowest BCUT2D eigenvalue weighted by Gasteiger charge is -2.20. The van der Waals surface area contributed by atoms with Gasteiger partial charge in [-0.05, 0) is 38.1 Å². The van der Waals surface area contributed by atoms with E-state index in [1.807, 2.05) is 19.9 Å². The highest BCUT2D eigenvalue weighted by atomic mass is 32.2. The van der Waals surface area contributed by atoms with E-state index in [0.29, 0.717) is 17.0 Å². The maximum Gasteiger partial charge on any atom is 0.262 e. The van der Waals surface area contributed by atoms with Crippen molar-refractivity contribution in [3.63, 3.8) is 0 Å². The van der Waals surface area contributed by atoms with Crippen molar-refractivity contribution in [1.29, 1.82) is 5.26 Å². The number of carbonyl (C=O) groups is 2. The minimum Gasteiger partial charge on any atom is -0.486 e. The number of amides is 1. The van der Waals surface area contributed by atoms with Crippen LogP contribution in [0.1, 0.15) is 19.4 Å². The van der Waals surface area contributed by atoms with Crippen LogP contribution in [0, 0.1) is 11.3 Å². The molecule has 0 bridgehead atoms. The lowest BCUT2D eigenvalue weighted by atomic mass is 10.1. The van der Waals surface area contributed by atoms with Crippen LogP contribution >= 0.6 is 11.8 Å². The lowest BCUT2D eigenvalue weighted by Crippen LogP contribution is -2.23. The van der Waals surface area contributed by atoms with Crippen molar-refractivity contribution in [3.05, 3.63) is 41.7 Å². The van der Waals surface area contributed by atoms with Crippen LogP contribution in [0.4, 0.5) is 5.69 Å². The number of carbonyl (C=O) groups excluding carboxylic acids is 2. The first-order valence-electron chi connectivity index (χ1n) is 6.29. The van der Waals surface area contributed by atoms with E-state index < -0.39 is 4.75 Å². The zero-order valence-electron chi connectivity index (χ0n) is 11.7. The predicted octanol–water partition coefficient (Wildman–Crippen LogP) is 2.45. The first-order valence-corrected chi connectivity index (χ1v) is 7.10. The molecular formula is C15H14N2O3S. The van der Waals surface area contributed by atoms with Gasteiger partial charge in [0.25, 0.3) is 5.91 Å². The molecule has 5 nitrogen and oxygen atoms in total. The SMILES string of the molecule is CC1(C)SC(=O)C=C1OCC(=O)Nc1ccc(C#N)cc1. The largest absolute Gasteiger partial charge is 0.486 e. The molecule has 1 aromatic rings. The Balaban J connectivity index is 1.89. The summed E-state index contributed by atoms with van der Waals surface area (Å²) in [6.07, 6.45) is 1.42. The molecule has 1 aliphatic heterocycles. The number of nitrogens with one attached hydrogen (secondary N) is 1. The Bertz CT molecular complexity index is 642. The minimum absolute atomic E-state index is 0.0671. The van der Waals surface area contributed by atoms with Gasteiger partial charge in [0.1, 0.15) is 5.76 Å². The summed E-state index contributed by atoms with van der Waals surface area (Å²) in [5, 5.41) is 11.3. The molecular weight excluding hydrogens is 288 g/mol. The van der Waals surface area contributed by atoms with E-state index >= 15 is 0 Å². The summed E-state index contributed by atoms with van der Waals surface area (Å²) >= 11 is 1.17. The molecule has 1 aromatic carbocycles. The van der Waals surface area contributed by atoms with Crippen molar-refractivity contribution in [3.8, 4) is 6.07 Å². The van der Waals surface area contributed by atoms with Crippen molar-refractivity contribution in [2.24, 2.45) is 0 Å². The molecule has 21 heavy (non-hydrogen) atoms. The highest BCUT2D eigenvalue weighted by molar-refractivity contribution is 8.15. The maximum atomic E-state index is 11.8. The van der Waals surface area contributed by atoms with Crippen LogP contribution in [0.25, 0.3) is 0 Å². The molecule has 1 heterocycles. The molecule has 0 aliphatic carbocycles. The summed E-state index contributed by atoms with van der Waals surface area (Å²) in [5.41, 5.74) is 1.12. The van der Waals surface area contributed by atoms with Crippen molar-refractivity contribution in [1.82, 2.24) is 0 Å². The molecule has 1 aliphatic rings. The van der Waals surface area contributed by atoms with Crippen molar-refractivity contribution < 1.29 is 14.3 Å². The van der Waals surface area contributed by atoms with Crippen molar-refractivity contribution in [2.75, 3.05) is 11.9 Å². The average molecular weight is 302 g/mol. The van der Waals surface area contributed by atoms with Crippen LogP contribution in [0.5, 0.6) is 0 Å². The molecule has 1 N–H and O–H groups in total. The van der Waals surface area contributed by atoms with Crippen LogP contribution in [-0.2, 0) is 14.3 Å². The first kappa shape index (κ1) is 15.1. The Morgan fingerprint density at radius 1 is 1.38 bits per heavy atom. The predicted molar refractivity (Wildman–Crippen MR) is 80.5 cm³/mol. The second-order valence-electron chi connectivity index (χ2n) is 4.97. The number of hydrogen-bond acceptors (Lipinski definition) is 5. The molecule has 0 saturated carbocycles. The zero-order valence-corrected chi connectivity index (χ0v) is 12.5. The summed E-state index contributed by atoms with van der Waals surface area (Å²) in [6, 6.07) is 8.54. The zero-order chi connectivity index (χ0) is 15.5. The molecule has 108 valence electrons. The highest BCUT2D eigenvalue weighted by Gasteiger charge is 2.35. The van der Waals surface area contributed by atoms with E-state index in [-0.39, 0.29) is 17.6 Å². The van der Waals surface area contributed by atoms with Gasteiger partial charge in [-0.3, -0.25) is 9.59 Å². The summed E-state index contributed by atoms with van der Waals surface area (Å²) in [4.78, 5) is 23.1. The molecule has 0 atom stereocenters. The summed E-state index contributed by atoms with van der Waals surface area (Å²) in [7, 11) is 0. The number of rotatable bonds is 4. The van der Waals surface area contributed by atoms with Gasteiger partial charge >= 0.3 is 0 Å². The molecule has 0 aromatic heterocycles. The van der Waals surface area contributed by atoms with E-state index in [1.165, 1.54) is 17.8 Å². The van der Waals surface area contributed by atoms with Gasteiger partial charge < -0.3 is 10.1 Å². The number of anilines is 1. The van der Waals surface area contributed by atoms with Gasteiger partial charge in [0, 0.05) is 11.8 Å². The quantitative estimate of drug-likeness (QED) is 0.924. The van der Waals surface area contributed by atoms with E-state index in [9.17, 15) is 9.59 Å². The van der Waals surface area contributed by atoms with Crippen molar-refractivity contribution in [2.45, 2.75) is 18.6 Å². The third-order valence-electron chi connectivity index (χ3n) is 2.85. The number of nitrogens with zero attached hydrogens (tertiary/aromatic N) is 1. The van der Waals surface area contributed by atoms with Gasteiger partial charge in [-0.1, -0.05) is 11.8 Å². The van der Waals surface area contributed by atoms with Crippen LogP contribution in [0.15, 0.2) is 36.1 Å². The fourth-order valence-electron chi connectivity index (χ4n) is 1.80. The number of benzene rings is 1. The Kier molecular flexibility index (Phi) is 4.34. The maximum absolute atomic E-state index is 11.8. The molecule has 0 spiro atoms. The van der Waals surface area contributed by atoms with Crippen LogP contribution in [0.3, 0.4) is 0 Å². The van der Waals surface area contributed by atoms with Gasteiger partial charge in [0.15, 0.2) is 6.61 Å². The Morgan fingerprint density at radius 3 is 2.57 bits per heavy atom. The molecule has 0 unspecified atom stereocenters. The number of thioether (sulfide) groups is 1. The highest BCUT2D eigenvalue weighted by Crippen LogP contribution is 2.39. The fraction of sp³-hybridized carbons (Fsp3) is 0.267. The Labute approximate surface area is 127 Å². The van der Waals surface area contributed by atoms with Gasteiger partial charge in [0.05, 0.1) is 16.4 Å². The molecule has 0 saturated heterocycles. The Hall–Kier alpha value is -2.26. The molecule has 2 rings (SSSR count). The topological polar surface area (TPSA) is 79.2 Å². The standard InChI is InChI=1S/C15H14N2O3S/c1-15(2)12(7-14(19)21-15)20-9-13(18)17-11-5-3-10(8-16)4-6-11/h3-7H,9H2,1-2H3,(H,17,18). The number of ether oxygens (including phenoxy) is 1. The average Bonchev–Trinajstić information content (AvgIpc) is 2.69. The Morgan fingerprint density at radius 2 is 2.05 bits per heavy atom. The lowest BCUT2D eigenvalue weighted by molar-refractivity contribution is -0.119. The second-order valence-corrected chi connectivity index (χ2v) is 6.59. The van der Waals surface area contributed by atoms with E-state index in [0.717, 1.165) is 0 Å². The normalized spacial score (nSPS) is 16.0. The second kappa shape index (κ2) is 6.02.